The summed E-state index contributed by atoms with van der Waals surface area (Å²) in [6.07, 6.45) is 3.29. The van der Waals surface area contributed by atoms with Crippen LogP contribution in [0.1, 0.15) is 5.56 Å². The van der Waals surface area contributed by atoms with E-state index in [0.717, 1.165) is 16.2 Å². The van der Waals surface area contributed by atoms with Gasteiger partial charge in [0.2, 0.25) is 11.9 Å². The third kappa shape index (κ3) is 3.31. The lowest BCUT2D eigenvalue weighted by molar-refractivity contribution is -0.527. The topological polar surface area (TPSA) is 89.6 Å². The maximum atomic E-state index is 12.6. The Morgan fingerprint density at radius 1 is 1.30 bits per heavy atom. The maximum Gasteiger partial charge on any atom is 0.414 e. The number of aliphatic imine (C=N–C) groups is 1. The molecular weight excluding hydrogens is 348 g/mol. The zero-order valence-electron chi connectivity index (χ0n) is 15.4. The van der Waals surface area contributed by atoms with Gasteiger partial charge >= 0.3 is 12.0 Å². The van der Waals surface area contributed by atoms with Gasteiger partial charge in [0.15, 0.2) is 0 Å². The van der Waals surface area contributed by atoms with Crippen molar-refractivity contribution in [3.8, 4) is 5.75 Å². The van der Waals surface area contributed by atoms with Crippen LogP contribution in [0.4, 0.5) is 4.79 Å². The minimum absolute atomic E-state index is 0.338. The fraction of sp³-hybridized carbons (Fsp3) is 0.278. The van der Waals surface area contributed by atoms with Crippen molar-refractivity contribution in [3.05, 3.63) is 42.5 Å². The largest absolute Gasteiger partial charge is 0.497 e. The number of carbonyl (C=O) groups excluding carboxylic acids is 2. The zero-order valence-corrected chi connectivity index (χ0v) is 15.4. The van der Waals surface area contributed by atoms with Crippen LogP contribution in [-0.4, -0.2) is 78.1 Å². The summed E-state index contributed by atoms with van der Waals surface area (Å²) in [6.45, 7) is 4.10. The van der Waals surface area contributed by atoms with Crippen molar-refractivity contribution in [3.63, 3.8) is 0 Å². The number of ether oxygens (including phenoxy) is 1. The highest BCUT2D eigenvalue weighted by Gasteiger charge is 2.51. The normalized spacial score (nSPS) is 19.5. The Morgan fingerprint density at radius 3 is 2.63 bits per heavy atom. The Labute approximate surface area is 156 Å². The van der Waals surface area contributed by atoms with Crippen LogP contribution in [0.25, 0.3) is 0 Å². The summed E-state index contributed by atoms with van der Waals surface area (Å²) < 4.78 is 6.84. The molecule has 1 fully saturated rings. The molecule has 0 saturated carbocycles. The molecule has 9 heteroatoms. The van der Waals surface area contributed by atoms with Crippen LogP contribution in [0.5, 0.6) is 5.75 Å². The molecule has 1 unspecified atom stereocenters. The number of urea groups is 1. The van der Waals surface area contributed by atoms with E-state index in [0.29, 0.717) is 18.3 Å². The molecule has 1 aromatic rings. The summed E-state index contributed by atoms with van der Waals surface area (Å²) in [6, 6.07) is 6.28. The van der Waals surface area contributed by atoms with Gasteiger partial charge in [-0.3, -0.25) is 14.6 Å². The van der Waals surface area contributed by atoms with E-state index in [4.69, 9.17) is 4.74 Å². The molecule has 2 aliphatic heterocycles. The van der Waals surface area contributed by atoms with Crippen LogP contribution < -0.4 is 10.2 Å². The summed E-state index contributed by atoms with van der Waals surface area (Å²) in [7, 11) is 4.65. The number of hydrogen-bond donors (Lipinski definition) is 1. The summed E-state index contributed by atoms with van der Waals surface area (Å²) >= 11 is 0. The lowest BCUT2D eigenvalue weighted by Crippen LogP contribution is -2.61. The third-order valence-electron chi connectivity index (χ3n) is 4.35. The van der Waals surface area contributed by atoms with Crippen molar-refractivity contribution in [1.29, 1.82) is 0 Å². The van der Waals surface area contributed by atoms with Crippen LogP contribution in [-0.2, 0) is 4.79 Å². The van der Waals surface area contributed by atoms with E-state index in [1.165, 1.54) is 11.9 Å². The van der Waals surface area contributed by atoms with E-state index in [-0.39, 0.29) is 5.91 Å². The minimum Gasteiger partial charge on any atom is -0.497 e. The number of guanidine groups is 1. The summed E-state index contributed by atoms with van der Waals surface area (Å²) in [5, 5.41) is 4.19. The van der Waals surface area contributed by atoms with Crippen molar-refractivity contribution in [2.45, 2.75) is 6.04 Å². The molecule has 0 aliphatic carbocycles. The van der Waals surface area contributed by atoms with Crippen molar-refractivity contribution in [2.24, 2.45) is 10.1 Å². The standard InChI is InChI=1S/C18H20N6O3/c1-5-10-24-14-15(22(2)18(26)23(3)16(14)25)20-17(24)21-19-11-12-6-8-13(27-4)9-7-12/h5-9,11,14H,1,10H2,2-4H3/p+1/b19-11+. The van der Waals surface area contributed by atoms with Gasteiger partial charge in [-0.05, 0) is 29.8 Å². The Hall–Kier alpha value is -3.49. The number of imide groups is 1. The third-order valence-corrected chi connectivity index (χ3v) is 4.35. The number of benzene rings is 1. The second kappa shape index (κ2) is 7.40. The highest BCUT2D eigenvalue weighted by atomic mass is 16.5. The smallest absolute Gasteiger partial charge is 0.414 e. The molecule has 2 aliphatic rings. The Kier molecular flexibility index (Phi) is 5.02. The quantitative estimate of drug-likeness (QED) is 0.354. The molecule has 3 rings (SSSR count). The van der Waals surface area contributed by atoms with Crippen LogP contribution in [0.3, 0.4) is 0 Å². The van der Waals surface area contributed by atoms with E-state index in [1.54, 1.807) is 31.0 Å². The maximum absolute atomic E-state index is 12.6. The number of rotatable bonds is 5. The predicted molar refractivity (Wildman–Crippen MR) is 101 cm³/mol. The second-order valence-corrected chi connectivity index (χ2v) is 6.02. The minimum atomic E-state index is -0.686. The number of amides is 3. The van der Waals surface area contributed by atoms with Crippen molar-refractivity contribution in [2.75, 3.05) is 27.7 Å². The van der Waals surface area contributed by atoms with Crippen molar-refractivity contribution < 1.29 is 18.9 Å². The molecule has 9 nitrogen and oxygen atoms in total. The van der Waals surface area contributed by atoms with Gasteiger partial charge < -0.3 is 4.74 Å². The first-order valence-electron chi connectivity index (χ1n) is 8.29. The van der Waals surface area contributed by atoms with E-state index < -0.39 is 12.1 Å². The molecular formula is C18H21N6O3+. The van der Waals surface area contributed by atoms with Gasteiger partial charge in [-0.2, -0.15) is 5.43 Å². The monoisotopic (exact) mass is 369 g/mol. The number of hydrogen-bond acceptors (Lipinski definition) is 6. The van der Waals surface area contributed by atoms with Gasteiger partial charge in [0.1, 0.15) is 5.75 Å². The van der Waals surface area contributed by atoms with Crippen LogP contribution in [0, 0.1) is 0 Å². The molecule has 0 aromatic heterocycles. The number of carbonyl (C=O) groups is 2. The lowest BCUT2D eigenvalue weighted by Gasteiger charge is -2.31. The van der Waals surface area contributed by atoms with E-state index >= 15 is 0 Å². The zero-order chi connectivity index (χ0) is 19.6. The number of methoxy groups -OCH3 is 1. The highest BCUT2D eigenvalue weighted by Crippen LogP contribution is 2.18. The van der Waals surface area contributed by atoms with E-state index in [1.807, 2.05) is 24.3 Å². The first-order valence-corrected chi connectivity index (χ1v) is 8.29. The van der Waals surface area contributed by atoms with E-state index in [9.17, 15) is 9.59 Å². The fourth-order valence-electron chi connectivity index (χ4n) is 2.87. The summed E-state index contributed by atoms with van der Waals surface area (Å²) in [5.41, 5.74) is 3.72. The fourth-order valence-corrected chi connectivity index (χ4v) is 2.87. The average Bonchev–Trinajstić information content (AvgIpc) is 3.04. The predicted octanol–water partition coefficient (Wildman–Crippen LogP) is 0.478. The van der Waals surface area contributed by atoms with E-state index in [2.05, 4.69) is 22.1 Å². The van der Waals surface area contributed by atoms with Gasteiger partial charge in [0.05, 0.1) is 19.9 Å². The van der Waals surface area contributed by atoms with Crippen molar-refractivity contribution in [1.82, 2.24) is 15.2 Å². The van der Waals surface area contributed by atoms with Crippen LogP contribution >= 0.6 is 0 Å². The highest BCUT2D eigenvalue weighted by molar-refractivity contribution is 6.22. The SMILES string of the molecule is C=CC[N+]1=C(N/N=C/c2ccc(OC)cc2)N=C2C1C(=O)N(C)C(=O)N2C. The molecule has 0 spiro atoms. The molecule has 140 valence electrons. The Balaban J connectivity index is 1.85. The summed E-state index contributed by atoms with van der Waals surface area (Å²) in [5.74, 6) is 1.16. The first kappa shape index (κ1) is 18.3. The Morgan fingerprint density at radius 2 is 2.00 bits per heavy atom. The molecule has 3 amide bonds. The molecule has 1 N–H and O–H groups in total. The molecule has 2 heterocycles. The van der Waals surface area contributed by atoms with Gasteiger partial charge in [0.25, 0.3) is 5.91 Å². The summed E-state index contributed by atoms with van der Waals surface area (Å²) in [4.78, 5) is 31.6. The number of amidine groups is 1. The number of nitrogens with one attached hydrogen (secondary N) is 1. The van der Waals surface area contributed by atoms with Crippen LogP contribution in [0.2, 0.25) is 0 Å². The van der Waals surface area contributed by atoms with Gasteiger partial charge in [-0.25, -0.2) is 9.37 Å². The van der Waals surface area contributed by atoms with Crippen LogP contribution in [0.15, 0.2) is 47.0 Å². The van der Waals surface area contributed by atoms with Crippen molar-refractivity contribution >= 4 is 29.9 Å². The van der Waals surface area contributed by atoms with Gasteiger partial charge in [-0.15, -0.1) is 5.10 Å². The molecule has 27 heavy (non-hydrogen) atoms. The first-order chi connectivity index (χ1) is 13.0. The van der Waals surface area contributed by atoms with Gasteiger partial charge in [0, 0.05) is 14.1 Å². The average molecular weight is 369 g/mol. The lowest BCUT2D eigenvalue weighted by atomic mass is 10.1. The molecule has 1 aromatic carbocycles. The second-order valence-electron chi connectivity index (χ2n) is 6.02. The molecule has 1 saturated heterocycles. The number of likely N-dealkylation sites (N-methyl/N-ethyl adjacent to an activating group) is 2. The number of fused-ring (bicyclic) bond motifs is 1. The molecule has 0 radical (unpaired) electrons. The number of hydrazone groups is 1. The van der Waals surface area contributed by atoms with Gasteiger partial charge in [-0.1, -0.05) is 17.6 Å². The Bertz CT molecular complexity index is 872. The molecule has 1 atom stereocenters. The number of nitrogens with zero attached hydrogens (tertiary/aromatic N) is 5. The molecule has 0 bridgehead atoms.